The van der Waals surface area contributed by atoms with Crippen molar-refractivity contribution in [1.29, 1.82) is 0 Å². The van der Waals surface area contributed by atoms with Crippen molar-refractivity contribution in [3.63, 3.8) is 0 Å². The zero-order valence-electron chi connectivity index (χ0n) is 12.4. The maximum Gasteiger partial charge on any atom is 0.352 e. The van der Waals surface area contributed by atoms with E-state index in [9.17, 15) is 9.90 Å². The summed E-state index contributed by atoms with van der Waals surface area (Å²) in [6.45, 7) is 0.134. The lowest BCUT2D eigenvalue weighted by atomic mass is 10.2. The van der Waals surface area contributed by atoms with Crippen LogP contribution in [0.2, 0.25) is 0 Å². The first-order valence-corrected chi connectivity index (χ1v) is 6.83. The van der Waals surface area contributed by atoms with Gasteiger partial charge in [-0.1, -0.05) is 0 Å². The molecule has 0 aliphatic rings. The summed E-state index contributed by atoms with van der Waals surface area (Å²) in [6, 6.07) is 10.2. The van der Waals surface area contributed by atoms with Gasteiger partial charge in [0.1, 0.15) is 18.2 Å². The van der Waals surface area contributed by atoms with Gasteiger partial charge in [0.2, 0.25) is 5.88 Å². The van der Waals surface area contributed by atoms with Crippen LogP contribution >= 0.6 is 0 Å². The topological polar surface area (TPSA) is 99.6 Å². The lowest BCUT2D eigenvalue weighted by Gasteiger charge is -2.08. The molecule has 0 aliphatic carbocycles. The van der Waals surface area contributed by atoms with E-state index in [2.05, 4.69) is 4.98 Å². The number of anilines is 1. The van der Waals surface area contributed by atoms with E-state index in [1.54, 1.807) is 41.0 Å². The lowest BCUT2D eigenvalue weighted by Crippen LogP contribution is -2.09. The van der Waals surface area contributed by atoms with Gasteiger partial charge < -0.3 is 24.9 Å². The van der Waals surface area contributed by atoms with Crippen LogP contribution in [-0.4, -0.2) is 27.7 Å². The number of rotatable bonds is 5. The number of aromatic carboxylic acids is 1. The Morgan fingerprint density at radius 2 is 2.13 bits per heavy atom. The maximum absolute atomic E-state index is 11.3. The molecule has 7 heteroatoms. The molecular weight excluding hydrogens is 298 g/mol. The number of nitrogen functional groups attached to an aromatic ring is 1. The first-order chi connectivity index (χ1) is 11.1. The Bertz CT molecular complexity index is 856. The smallest absolute Gasteiger partial charge is 0.352 e. The SMILES string of the molecule is COCn1c(C(=O)O)cc2ccc(Oc3ccc(N)cn3)cc21. The molecule has 118 valence electrons. The number of pyridine rings is 1. The number of hydrogen-bond donors (Lipinski definition) is 2. The van der Waals surface area contributed by atoms with Crippen LogP contribution in [0, 0.1) is 0 Å². The number of carbonyl (C=O) groups is 1. The quantitative estimate of drug-likeness (QED) is 0.751. The van der Waals surface area contributed by atoms with Crippen molar-refractivity contribution in [3.05, 3.63) is 48.3 Å². The molecule has 3 N–H and O–H groups in total. The van der Waals surface area contributed by atoms with Crippen LogP contribution in [0.15, 0.2) is 42.6 Å². The molecule has 0 amide bonds. The average molecular weight is 313 g/mol. The molecule has 7 nitrogen and oxygen atoms in total. The van der Waals surface area contributed by atoms with Gasteiger partial charge in [0, 0.05) is 24.6 Å². The number of nitrogens with zero attached hydrogens (tertiary/aromatic N) is 2. The minimum atomic E-state index is -1.01. The van der Waals surface area contributed by atoms with Gasteiger partial charge >= 0.3 is 5.97 Å². The molecule has 3 aromatic rings. The van der Waals surface area contributed by atoms with Crippen LogP contribution in [0.1, 0.15) is 10.5 Å². The Balaban J connectivity index is 2.01. The summed E-state index contributed by atoms with van der Waals surface area (Å²) in [7, 11) is 1.51. The molecule has 2 aromatic heterocycles. The van der Waals surface area contributed by atoms with E-state index in [0.717, 1.165) is 5.39 Å². The van der Waals surface area contributed by atoms with Gasteiger partial charge in [-0.25, -0.2) is 9.78 Å². The number of ether oxygens (including phenoxy) is 2. The number of nitrogens with two attached hydrogens (primary N) is 1. The third-order valence-corrected chi connectivity index (χ3v) is 3.33. The fraction of sp³-hybridized carbons (Fsp3) is 0.125. The fourth-order valence-corrected chi connectivity index (χ4v) is 2.32. The largest absolute Gasteiger partial charge is 0.477 e. The second-order valence-corrected chi connectivity index (χ2v) is 4.93. The van der Waals surface area contributed by atoms with Gasteiger partial charge in [0.05, 0.1) is 17.4 Å². The molecule has 0 fully saturated rings. The van der Waals surface area contributed by atoms with Crippen molar-refractivity contribution in [2.75, 3.05) is 12.8 Å². The Morgan fingerprint density at radius 1 is 1.30 bits per heavy atom. The van der Waals surface area contributed by atoms with E-state index in [1.165, 1.54) is 13.3 Å². The van der Waals surface area contributed by atoms with Gasteiger partial charge in [-0.15, -0.1) is 0 Å². The number of fused-ring (bicyclic) bond motifs is 1. The van der Waals surface area contributed by atoms with Crippen molar-refractivity contribution in [2.45, 2.75) is 6.73 Å². The van der Waals surface area contributed by atoms with Crippen molar-refractivity contribution in [1.82, 2.24) is 9.55 Å². The van der Waals surface area contributed by atoms with E-state index >= 15 is 0 Å². The van der Waals surface area contributed by atoms with Crippen LogP contribution in [0.4, 0.5) is 5.69 Å². The van der Waals surface area contributed by atoms with Crippen molar-refractivity contribution >= 4 is 22.6 Å². The Hall–Kier alpha value is -3.06. The summed E-state index contributed by atoms with van der Waals surface area (Å²) >= 11 is 0. The van der Waals surface area contributed by atoms with E-state index in [-0.39, 0.29) is 12.4 Å². The highest BCUT2D eigenvalue weighted by Crippen LogP contribution is 2.27. The maximum atomic E-state index is 11.3. The summed E-state index contributed by atoms with van der Waals surface area (Å²) in [5.74, 6) is -0.0649. The second-order valence-electron chi connectivity index (χ2n) is 4.93. The van der Waals surface area contributed by atoms with Gasteiger partial charge in [-0.3, -0.25) is 0 Å². The standard InChI is InChI=1S/C16H15N3O4/c1-22-9-19-13-7-12(23-15-5-3-11(17)8-18-15)4-2-10(13)6-14(19)16(20)21/h2-8H,9,17H2,1H3,(H,20,21). The fourth-order valence-electron chi connectivity index (χ4n) is 2.32. The lowest BCUT2D eigenvalue weighted by molar-refractivity contribution is 0.0664. The third kappa shape index (κ3) is 2.95. The van der Waals surface area contributed by atoms with Crippen LogP contribution < -0.4 is 10.5 Å². The molecule has 0 radical (unpaired) electrons. The molecule has 0 saturated carbocycles. The van der Waals surface area contributed by atoms with Gasteiger partial charge in [-0.05, 0) is 24.3 Å². The van der Waals surface area contributed by atoms with Crippen molar-refractivity contribution < 1.29 is 19.4 Å². The minimum Gasteiger partial charge on any atom is -0.477 e. The molecule has 2 heterocycles. The molecule has 3 rings (SSSR count). The summed E-state index contributed by atoms with van der Waals surface area (Å²) in [4.78, 5) is 15.4. The highest BCUT2D eigenvalue weighted by atomic mass is 16.5. The highest BCUT2D eigenvalue weighted by Gasteiger charge is 2.15. The summed E-state index contributed by atoms with van der Waals surface area (Å²) in [5.41, 5.74) is 7.00. The zero-order chi connectivity index (χ0) is 16.4. The number of methoxy groups -OCH3 is 1. The molecule has 0 unspecified atom stereocenters. The summed E-state index contributed by atoms with van der Waals surface area (Å²) in [6.07, 6.45) is 1.50. The highest BCUT2D eigenvalue weighted by molar-refractivity contribution is 5.95. The molecule has 0 saturated heterocycles. The van der Waals surface area contributed by atoms with E-state index in [1.807, 2.05) is 0 Å². The van der Waals surface area contributed by atoms with Crippen LogP contribution in [-0.2, 0) is 11.5 Å². The first kappa shape index (κ1) is 14.9. The Labute approximate surface area is 131 Å². The third-order valence-electron chi connectivity index (χ3n) is 3.33. The molecule has 1 aromatic carbocycles. The predicted octanol–water partition coefficient (Wildman–Crippen LogP) is 2.71. The average Bonchev–Trinajstić information content (AvgIpc) is 2.89. The monoisotopic (exact) mass is 313 g/mol. The van der Waals surface area contributed by atoms with Crippen molar-refractivity contribution in [2.24, 2.45) is 0 Å². The molecule has 0 bridgehead atoms. The summed E-state index contributed by atoms with van der Waals surface area (Å²) < 4.78 is 12.3. The molecule has 23 heavy (non-hydrogen) atoms. The zero-order valence-corrected chi connectivity index (χ0v) is 12.4. The molecular formula is C16H15N3O4. The molecule has 0 atom stereocenters. The minimum absolute atomic E-state index is 0.134. The number of carboxylic acid groups (broad SMARTS) is 1. The predicted molar refractivity (Wildman–Crippen MR) is 84.6 cm³/mol. The number of aromatic nitrogens is 2. The van der Waals surface area contributed by atoms with Crippen LogP contribution in [0.3, 0.4) is 0 Å². The first-order valence-electron chi connectivity index (χ1n) is 6.83. The van der Waals surface area contributed by atoms with Gasteiger partial charge in [-0.2, -0.15) is 0 Å². The second kappa shape index (κ2) is 5.98. The number of hydrogen-bond acceptors (Lipinski definition) is 5. The van der Waals surface area contributed by atoms with Gasteiger partial charge in [0.25, 0.3) is 0 Å². The van der Waals surface area contributed by atoms with Crippen LogP contribution in [0.5, 0.6) is 11.6 Å². The molecule has 0 aliphatic heterocycles. The van der Waals surface area contributed by atoms with Gasteiger partial charge in [0.15, 0.2) is 0 Å². The van der Waals surface area contributed by atoms with Crippen molar-refractivity contribution in [3.8, 4) is 11.6 Å². The Kier molecular flexibility index (Phi) is 3.86. The molecule has 0 spiro atoms. The number of benzene rings is 1. The normalized spacial score (nSPS) is 10.8. The Morgan fingerprint density at radius 3 is 2.78 bits per heavy atom. The van der Waals surface area contributed by atoms with Crippen LogP contribution in [0.25, 0.3) is 10.9 Å². The summed E-state index contributed by atoms with van der Waals surface area (Å²) in [5, 5.41) is 10.1. The van der Waals surface area contributed by atoms with E-state index < -0.39 is 5.97 Å². The van der Waals surface area contributed by atoms with E-state index in [0.29, 0.717) is 22.8 Å². The van der Waals surface area contributed by atoms with E-state index in [4.69, 9.17) is 15.2 Å². The number of carboxylic acids is 1.